The number of rotatable bonds is 2. The molecule has 0 aromatic carbocycles. The van der Waals surface area contributed by atoms with E-state index in [-0.39, 0.29) is 0 Å². The molecule has 0 radical (unpaired) electrons. The zero-order valence-electron chi connectivity index (χ0n) is 4.83. The minimum Gasteiger partial charge on any atom is -0.383 e. The van der Waals surface area contributed by atoms with Gasteiger partial charge in [-0.1, -0.05) is 6.58 Å². The number of aliphatic imine (C=N–C) groups is 2. The predicted molar refractivity (Wildman–Crippen MR) is 36.2 cm³/mol. The monoisotopic (exact) mass is 111 g/mol. The predicted octanol–water partition coefficient (Wildman–Crippen LogP) is 0.188. The summed E-state index contributed by atoms with van der Waals surface area (Å²) >= 11 is 0. The third-order valence-corrected chi connectivity index (χ3v) is 0.570. The van der Waals surface area contributed by atoms with Crippen LogP contribution in [-0.2, 0) is 0 Å². The molecule has 0 aliphatic carbocycles. The van der Waals surface area contributed by atoms with Crippen LogP contribution in [0, 0.1) is 0 Å². The van der Waals surface area contributed by atoms with Crippen LogP contribution in [0.4, 0.5) is 0 Å². The third-order valence-electron chi connectivity index (χ3n) is 0.570. The van der Waals surface area contributed by atoms with Crippen molar-refractivity contribution in [1.29, 1.82) is 0 Å². The van der Waals surface area contributed by atoms with Crippen molar-refractivity contribution in [2.75, 3.05) is 7.05 Å². The molecule has 0 saturated carbocycles. The topological polar surface area (TPSA) is 50.7 Å². The molecule has 8 heavy (non-hydrogen) atoms. The molecule has 0 saturated heterocycles. The zero-order chi connectivity index (χ0) is 6.41. The van der Waals surface area contributed by atoms with Gasteiger partial charge in [-0.05, 0) is 0 Å². The second-order valence-electron chi connectivity index (χ2n) is 1.11. The second-order valence-corrected chi connectivity index (χ2v) is 1.11. The Bertz CT molecular complexity index is 124. The van der Waals surface area contributed by atoms with Crippen molar-refractivity contribution in [3.63, 3.8) is 0 Å². The van der Waals surface area contributed by atoms with Gasteiger partial charge in [-0.2, -0.15) is 0 Å². The average Bonchev–Trinajstić information content (AvgIpc) is 1.83. The molecular weight excluding hydrogens is 102 g/mol. The lowest BCUT2D eigenvalue weighted by Gasteiger charge is -1.81. The Kier molecular flexibility index (Phi) is 3.48. The quantitative estimate of drug-likeness (QED) is 0.401. The Morgan fingerprint density at radius 2 is 2.38 bits per heavy atom. The van der Waals surface area contributed by atoms with Gasteiger partial charge in [-0.25, -0.2) is 0 Å². The smallest absolute Gasteiger partial charge is 0.136 e. The summed E-state index contributed by atoms with van der Waals surface area (Å²) in [7, 11) is 1.60. The molecule has 2 N–H and O–H groups in total. The van der Waals surface area contributed by atoms with Crippen LogP contribution in [0.3, 0.4) is 0 Å². The second kappa shape index (κ2) is 4.05. The van der Waals surface area contributed by atoms with Gasteiger partial charge in [0.05, 0.1) is 6.21 Å². The van der Waals surface area contributed by atoms with Crippen molar-refractivity contribution in [2.24, 2.45) is 15.7 Å². The fourth-order valence-electron chi connectivity index (χ4n) is 0.187. The van der Waals surface area contributed by atoms with Crippen LogP contribution in [0.1, 0.15) is 0 Å². The maximum atomic E-state index is 5.21. The number of hydrogen-bond donors (Lipinski definition) is 1. The van der Waals surface area contributed by atoms with Crippen LogP contribution in [0.15, 0.2) is 22.8 Å². The van der Waals surface area contributed by atoms with E-state index in [1.165, 1.54) is 12.4 Å². The molecule has 3 heteroatoms. The van der Waals surface area contributed by atoms with Gasteiger partial charge in [-0.3, -0.25) is 9.98 Å². The Labute approximate surface area is 48.6 Å². The normalized spacial score (nSPS) is 12.4. The van der Waals surface area contributed by atoms with E-state index in [2.05, 4.69) is 16.6 Å². The van der Waals surface area contributed by atoms with Crippen LogP contribution < -0.4 is 5.73 Å². The molecule has 0 unspecified atom stereocenters. The number of amidine groups is 1. The van der Waals surface area contributed by atoms with Crippen LogP contribution in [0.25, 0.3) is 0 Å². The lowest BCUT2D eigenvalue weighted by atomic mass is 10.7. The van der Waals surface area contributed by atoms with Gasteiger partial charge >= 0.3 is 0 Å². The van der Waals surface area contributed by atoms with E-state index in [0.717, 1.165) is 0 Å². The number of nitrogens with two attached hydrogens (primary N) is 1. The fourth-order valence-corrected chi connectivity index (χ4v) is 0.187. The van der Waals surface area contributed by atoms with Crippen LogP contribution in [0.5, 0.6) is 0 Å². The summed E-state index contributed by atoms with van der Waals surface area (Å²) < 4.78 is 0. The van der Waals surface area contributed by atoms with Gasteiger partial charge < -0.3 is 5.73 Å². The van der Waals surface area contributed by atoms with Crippen molar-refractivity contribution in [3.8, 4) is 0 Å². The lowest BCUT2D eigenvalue weighted by Crippen LogP contribution is -2.11. The first kappa shape index (κ1) is 6.88. The molecule has 0 heterocycles. The van der Waals surface area contributed by atoms with E-state index in [1.807, 2.05) is 0 Å². The summed E-state index contributed by atoms with van der Waals surface area (Å²) in [6, 6.07) is 0. The van der Waals surface area contributed by atoms with Crippen LogP contribution in [0.2, 0.25) is 0 Å². The molecule has 0 aliphatic rings. The SMILES string of the molecule is C=CN=CC(N)=NC. The first-order valence-corrected chi connectivity index (χ1v) is 2.17. The minimum absolute atomic E-state index is 0.407. The highest BCUT2D eigenvalue weighted by atomic mass is 14.8. The maximum Gasteiger partial charge on any atom is 0.136 e. The maximum absolute atomic E-state index is 5.21. The minimum atomic E-state index is 0.407. The molecule has 0 rings (SSSR count). The summed E-state index contributed by atoms with van der Waals surface area (Å²) in [6.07, 6.45) is 2.84. The molecule has 0 spiro atoms. The molecule has 0 aliphatic heterocycles. The van der Waals surface area contributed by atoms with E-state index >= 15 is 0 Å². The van der Waals surface area contributed by atoms with E-state index in [1.54, 1.807) is 7.05 Å². The molecule has 0 aromatic rings. The van der Waals surface area contributed by atoms with Crippen LogP contribution >= 0.6 is 0 Å². The van der Waals surface area contributed by atoms with E-state index in [9.17, 15) is 0 Å². The molecule has 3 nitrogen and oxygen atoms in total. The summed E-state index contributed by atoms with van der Waals surface area (Å²) in [4.78, 5) is 7.25. The van der Waals surface area contributed by atoms with E-state index < -0.39 is 0 Å². The number of nitrogens with zero attached hydrogens (tertiary/aromatic N) is 2. The van der Waals surface area contributed by atoms with Crippen molar-refractivity contribution in [2.45, 2.75) is 0 Å². The summed E-state index contributed by atoms with van der Waals surface area (Å²) in [5.41, 5.74) is 5.21. The molecule has 0 amide bonds. The Balaban J connectivity index is 3.69. The number of hydrogen-bond acceptors (Lipinski definition) is 2. The molecule has 0 bridgehead atoms. The molecule has 44 valence electrons. The van der Waals surface area contributed by atoms with Crippen molar-refractivity contribution < 1.29 is 0 Å². The standard InChI is InChI=1S/C5H9N3/c1-3-8-4-5(6)7-2/h3-4H,1H2,2H3,(H2,6,7). The summed E-state index contributed by atoms with van der Waals surface area (Å²) in [6.45, 7) is 3.36. The molecule has 0 fully saturated rings. The van der Waals surface area contributed by atoms with Gasteiger partial charge in [0, 0.05) is 13.2 Å². The van der Waals surface area contributed by atoms with E-state index in [4.69, 9.17) is 5.73 Å². The highest BCUT2D eigenvalue weighted by Crippen LogP contribution is 1.63. The van der Waals surface area contributed by atoms with Gasteiger partial charge in [0.25, 0.3) is 0 Å². The van der Waals surface area contributed by atoms with Gasteiger partial charge in [0.15, 0.2) is 0 Å². The molecule has 0 atom stereocenters. The third kappa shape index (κ3) is 3.08. The Morgan fingerprint density at radius 1 is 1.75 bits per heavy atom. The molecular formula is C5H9N3. The van der Waals surface area contributed by atoms with Crippen LogP contribution in [-0.4, -0.2) is 19.1 Å². The van der Waals surface area contributed by atoms with Crippen molar-refractivity contribution in [3.05, 3.63) is 12.8 Å². The first-order chi connectivity index (χ1) is 3.81. The fraction of sp³-hybridized carbons (Fsp3) is 0.200. The van der Waals surface area contributed by atoms with Crippen molar-refractivity contribution >= 4 is 12.1 Å². The van der Waals surface area contributed by atoms with E-state index in [0.29, 0.717) is 5.84 Å². The summed E-state index contributed by atoms with van der Waals surface area (Å²) in [5, 5.41) is 0. The average molecular weight is 111 g/mol. The lowest BCUT2D eigenvalue weighted by molar-refractivity contribution is 1.42. The van der Waals surface area contributed by atoms with Gasteiger partial charge in [0.2, 0.25) is 0 Å². The van der Waals surface area contributed by atoms with Gasteiger partial charge in [-0.15, -0.1) is 0 Å². The highest BCUT2D eigenvalue weighted by Gasteiger charge is 1.74. The first-order valence-electron chi connectivity index (χ1n) is 2.17. The van der Waals surface area contributed by atoms with Crippen molar-refractivity contribution in [1.82, 2.24) is 0 Å². The Hall–Kier alpha value is -1.12. The zero-order valence-corrected chi connectivity index (χ0v) is 4.83. The Morgan fingerprint density at radius 3 is 2.75 bits per heavy atom. The summed E-state index contributed by atoms with van der Waals surface area (Å²) in [5.74, 6) is 0.407. The highest BCUT2D eigenvalue weighted by molar-refractivity contribution is 6.28. The van der Waals surface area contributed by atoms with Gasteiger partial charge in [0.1, 0.15) is 5.84 Å². The largest absolute Gasteiger partial charge is 0.383 e. The molecule has 0 aromatic heterocycles.